The van der Waals surface area contributed by atoms with Crippen LogP contribution < -0.4 is 16.6 Å². The van der Waals surface area contributed by atoms with E-state index in [0.29, 0.717) is 0 Å². The summed E-state index contributed by atoms with van der Waals surface area (Å²) in [6.45, 7) is -0.474. The molecular weight excluding hydrogens is 138 g/mol. The normalized spacial score (nSPS) is 8.90. The molecule has 6 heteroatoms. The molecular formula is C4H9N3O3. The first kappa shape index (κ1) is 8.86. The Kier molecular flexibility index (Phi) is 4.17. The van der Waals surface area contributed by atoms with E-state index in [2.05, 4.69) is 10.9 Å². The molecule has 0 aliphatic heterocycles. The lowest BCUT2D eigenvalue weighted by Gasteiger charge is -2.00. The fourth-order valence-corrected chi connectivity index (χ4v) is 0.269. The number of rotatable bonds is 4. The van der Waals surface area contributed by atoms with E-state index in [-0.39, 0.29) is 13.1 Å². The molecule has 0 atom stereocenters. The minimum Gasteiger partial charge on any atom is -0.480 e. The average molecular weight is 147 g/mol. The van der Waals surface area contributed by atoms with Crippen LogP contribution in [-0.4, -0.2) is 30.1 Å². The Morgan fingerprint density at radius 1 is 1.50 bits per heavy atom. The number of carbonyl (C=O) groups excluding carboxylic acids is 1. The van der Waals surface area contributed by atoms with Gasteiger partial charge in [0.25, 0.3) is 0 Å². The molecule has 58 valence electrons. The van der Waals surface area contributed by atoms with Gasteiger partial charge in [0.1, 0.15) is 6.54 Å². The molecule has 0 aromatic carbocycles. The van der Waals surface area contributed by atoms with Crippen LogP contribution in [0.5, 0.6) is 0 Å². The molecule has 0 saturated carbocycles. The van der Waals surface area contributed by atoms with E-state index in [1.165, 1.54) is 0 Å². The maximum Gasteiger partial charge on any atom is 0.319 e. The summed E-state index contributed by atoms with van der Waals surface area (Å²) in [5.74, 6) is -1.49. The summed E-state index contributed by atoms with van der Waals surface area (Å²) in [7, 11) is 0. The monoisotopic (exact) mass is 147 g/mol. The third kappa shape index (κ3) is 5.01. The van der Waals surface area contributed by atoms with Gasteiger partial charge in [-0.15, -0.1) is 0 Å². The molecule has 5 N–H and O–H groups in total. The number of nitrogens with two attached hydrogens (primary N) is 1. The highest BCUT2D eigenvalue weighted by Gasteiger charge is 1.96. The molecule has 1 amide bonds. The van der Waals surface area contributed by atoms with Gasteiger partial charge in [-0.25, -0.2) is 5.43 Å². The molecule has 0 fully saturated rings. The molecule has 0 aromatic rings. The zero-order valence-electron chi connectivity index (χ0n) is 5.26. The molecule has 0 saturated heterocycles. The van der Waals surface area contributed by atoms with Gasteiger partial charge in [0.15, 0.2) is 0 Å². The molecule has 6 nitrogen and oxygen atoms in total. The maximum atomic E-state index is 10.3. The van der Waals surface area contributed by atoms with Crippen LogP contribution in [0.15, 0.2) is 0 Å². The number of nitrogens with one attached hydrogen (secondary N) is 2. The Morgan fingerprint density at radius 3 is 2.50 bits per heavy atom. The average Bonchev–Trinajstić information content (AvgIpc) is 1.87. The van der Waals surface area contributed by atoms with E-state index in [1.807, 2.05) is 0 Å². The van der Waals surface area contributed by atoms with Gasteiger partial charge in [-0.05, 0) is 0 Å². The molecule has 0 rings (SSSR count). The van der Waals surface area contributed by atoms with E-state index in [9.17, 15) is 9.59 Å². The molecule has 0 unspecified atom stereocenters. The number of carbonyl (C=O) groups is 2. The number of carboxylic acid groups (broad SMARTS) is 1. The van der Waals surface area contributed by atoms with Crippen LogP contribution in [0.4, 0.5) is 0 Å². The molecule has 0 aliphatic rings. The molecule has 0 heterocycles. The highest BCUT2D eigenvalue weighted by Crippen LogP contribution is 1.56. The van der Waals surface area contributed by atoms with Crippen LogP contribution in [0, 0.1) is 0 Å². The van der Waals surface area contributed by atoms with Crippen molar-refractivity contribution in [2.75, 3.05) is 13.1 Å². The minimum atomic E-state index is -1.04. The summed E-state index contributed by atoms with van der Waals surface area (Å²) in [4.78, 5) is 20.1. The predicted octanol–water partition coefficient (Wildman–Crippen LogP) is -2.35. The number of carboxylic acids is 1. The van der Waals surface area contributed by atoms with Gasteiger partial charge in [-0.3, -0.25) is 15.0 Å². The van der Waals surface area contributed by atoms with E-state index in [0.717, 1.165) is 0 Å². The highest BCUT2D eigenvalue weighted by atomic mass is 16.4. The summed E-state index contributed by atoms with van der Waals surface area (Å²) < 4.78 is 0. The van der Waals surface area contributed by atoms with Crippen LogP contribution >= 0.6 is 0 Å². The number of hydrazine groups is 1. The van der Waals surface area contributed by atoms with Crippen molar-refractivity contribution in [3.8, 4) is 0 Å². The number of hydrogen-bond acceptors (Lipinski definition) is 4. The smallest absolute Gasteiger partial charge is 0.319 e. The highest BCUT2D eigenvalue weighted by molar-refractivity contribution is 5.77. The first-order valence-corrected chi connectivity index (χ1v) is 2.60. The second kappa shape index (κ2) is 4.71. The van der Waals surface area contributed by atoms with Gasteiger partial charge in [0.05, 0.1) is 6.54 Å². The Balaban J connectivity index is 3.20. The van der Waals surface area contributed by atoms with Crippen molar-refractivity contribution in [1.82, 2.24) is 10.9 Å². The van der Waals surface area contributed by atoms with Gasteiger partial charge >= 0.3 is 5.97 Å². The fourth-order valence-electron chi connectivity index (χ4n) is 0.269. The second-order valence-corrected chi connectivity index (χ2v) is 1.50. The summed E-state index contributed by atoms with van der Waals surface area (Å²) >= 11 is 0. The van der Waals surface area contributed by atoms with E-state index in [1.54, 1.807) is 0 Å². The SMILES string of the molecule is NCC(=O)NNCC(=O)O. The lowest BCUT2D eigenvalue weighted by atomic mass is 10.6. The van der Waals surface area contributed by atoms with Crippen molar-refractivity contribution in [1.29, 1.82) is 0 Å². The fraction of sp³-hybridized carbons (Fsp3) is 0.500. The third-order valence-corrected chi connectivity index (χ3v) is 0.653. The minimum absolute atomic E-state index is 0.160. The first-order valence-electron chi connectivity index (χ1n) is 2.60. The van der Waals surface area contributed by atoms with Gasteiger partial charge in [-0.1, -0.05) is 0 Å². The van der Waals surface area contributed by atoms with Crippen molar-refractivity contribution in [3.63, 3.8) is 0 Å². The molecule has 0 radical (unpaired) electrons. The molecule has 0 aromatic heterocycles. The Bertz CT molecular complexity index is 136. The third-order valence-electron chi connectivity index (χ3n) is 0.653. The van der Waals surface area contributed by atoms with Crippen molar-refractivity contribution in [3.05, 3.63) is 0 Å². The molecule has 10 heavy (non-hydrogen) atoms. The molecule has 0 bridgehead atoms. The van der Waals surface area contributed by atoms with E-state index < -0.39 is 11.9 Å². The van der Waals surface area contributed by atoms with Crippen LogP contribution in [0.25, 0.3) is 0 Å². The molecule has 0 aliphatic carbocycles. The quantitative estimate of drug-likeness (QED) is 0.333. The number of aliphatic carboxylic acids is 1. The predicted molar refractivity (Wildman–Crippen MR) is 32.8 cm³/mol. The van der Waals surface area contributed by atoms with Crippen LogP contribution in [0.1, 0.15) is 0 Å². The van der Waals surface area contributed by atoms with Crippen molar-refractivity contribution >= 4 is 11.9 Å². The summed E-state index contributed by atoms with van der Waals surface area (Å²) in [6, 6.07) is 0. The van der Waals surface area contributed by atoms with Crippen molar-refractivity contribution < 1.29 is 14.7 Å². The lowest BCUT2D eigenvalue weighted by molar-refractivity contribution is -0.136. The number of amides is 1. The lowest BCUT2D eigenvalue weighted by Crippen LogP contribution is -2.43. The standard InChI is InChI=1S/C4H9N3O3/c5-1-3(8)7-6-2-4(9)10/h6H,1-2,5H2,(H,7,8)(H,9,10). The van der Waals surface area contributed by atoms with Gasteiger partial charge < -0.3 is 10.8 Å². The number of hydrogen-bond donors (Lipinski definition) is 4. The Labute approximate surface area is 57.4 Å². The van der Waals surface area contributed by atoms with Crippen LogP contribution in [0.3, 0.4) is 0 Å². The Morgan fingerprint density at radius 2 is 2.10 bits per heavy atom. The largest absolute Gasteiger partial charge is 0.480 e. The Hall–Kier alpha value is -1.14. The summed E-state index contributed by atoms with van der Waals surface area (Å²) in [6.07, 6.45) is 0. The molecule has 0 spiro atoms. The van der Waals surface area contributed by atoms with E-state index in [4.69, 9.17) is 10.8 Å². The summed E-state index contributed by atoms with van der Waals surface area (Å²) in [5, 5.41) is 8.05. The van der Waals surface area contributed by atoms with Gasteiger partial charge in [0, 0.05) is 0 Å². The summed E-state index contributed by atoms with van der Waals surface area (Å²) in [5.41, 5.74) is 9.11. The first-order chi connectivity index (χ1) is 4.66. The van der Waals surface area contributed by atoms with Gasteiger partial charge in [0.2, 0.25) is 5.91 Å². The van der Waals surface area contributed by atoms with Gasteiger partial charge in [-0.2, -0.15) is 0 Å². The zero-order valence-corrected chi connectivity index (χ0v) is 5.26. The van der Waals surface area contributed by atoms with Crippen LogP contribution in [0.2, 0.25) is 0 Å². The zero-order chi connectivity index (χ0) is 7.98. The van der Waals surface area contributed by atoms with Crippen molar-refractivity contribution in [2.45, 2.75) is 0 Å². The van der Waals surface area contributed by atoms with E-state index >= 15 is 0 Å². The maximum absolute atomic E-state index is 10.3. The second-order valence-electron chi connectivity index (χ2n) is 1.50. The van der Waals surface area contributed by atoms with Crippen LogP contribution in [-0.2, 0) is 9.59 Å². The topological polar surface area (TPSA) is 104 Å². The van der Waals surface area contributed by atoms with Crippen molar-refractivity contribution in [2.24, 2.45) is 5.73 Å².